The van der Waals surface area contributed by atoms with Gasteiger partial charge in [0.2, 0.25) is 5.95 Å². The Morgan fingerprint density at radius 3 is 2.80 bits per heavy atom. The molecule has 0 atom stereocenters. The van der Waals surface area contributed by atoms with Crippen LogP contribution in [0.25, 0.3) is 0 Å². The van der Waals surface area contributed by atoms with Crippen molar-refractivity contribution < 1.29 is 13.7 Å². The average Bonchev–Trinajstić information content (AvgIpc) is 3.36. The quantitative estimate of drug-likeness (QED) is 0.619. The first kappa shape index (κ1) is 16.2. The number of morpholine rings is 1. The maximum atomic E-state index is 5.51. The summed E-state index contributed by atoms with van der Waals surface area (Å²) in [5.74, 6) is 3.19. The molecule has 25 heavy (non-hydrogen) atoms. The molecular formula is C16H19N5O3S. The lowest BCUT2D eigenvalue weighted by molar-refractivity contribution is 0.121. The van der Waals surface area contributed by atoms with Gasteiger partial charge in [-0.05, 0) is 19.1 Å². The highest BCUT2D eigenvalue weighted by molar-refractivity contribution is 7.98. The lowest BCUT2D eigenvalue weighted by Gasteiger charge is -2.27. The third kappa shape index (κ3) is 3.72. The number of ether oxygens (including phenoxy) is 1. The van der Waals surface area contributed by atoms with Crippen molar-refractivity contribution in [2.45, 2.75) is 24.4 Å². The van der Waals surface area contributed by atoms with Crippen LogP contribution in [0.5, 0.6) is 0 Å². The summed E-state index contributed by atoms with van der Waals surface area (Å²) in [5, 5.41) is 13.5. The Morgan fingerprint density at radius 1 is 1.20 bits per heavy atom. The van der Waals surface area contributed by atoms with Crippen molar-refractivity contribution in [3.63, 3.8) is 0 Å². The van der Waals surface area contributed by atoms with Crippen molar-refractivity contribution >= 4 is 17.7 Å². The summed E-state index contributed by atoms with van der Waals surface area (Å²) >= 11 is 1.58. The fourth-order valence-corrected chi connectivity index (χ4v) is 3.51. The molecular weight excluding hydrogens is 342 g/mol. The highest BCUT2D eigenvalue weighted by Gasteiger charge is 2.21. The molecule has 1 saturated heterocycles. The summed E-state index contributed by atoms with van der Waals surface area (Å²) in [6.07, 6.45) is 1.68. The van der Waals surface area contributed by atoms with Crippen LogP contribution in [0, 0.1) is 6.92 Å². The van der Waals surface area contributed by atoms with Gasteiger partial charge in [-0.2, -0.15) is 0 Å². The van der Waals surface area contributed by atoms with Crippen LogP contribution in [-0.2, 0) is 17.0 Å². The highest BCUT2D eigenvalue weighted by atomic mass is 32.2. The molecule has 0 aliphatic carbocycles. The highest BCUT2D eigenvalue weighted by Crippen LogP contribution is 2.27. The fourth-order valence-electron chi connectivity index (χ4n) is 2.70. The maximum Gasteiger partial charge on any atom is 0.228 e. The number of hydrogen-bond donors (Lipinski definition) is 0. The molecule has 0 aromatic carbocycles. The smallest absolute Gasteiger partial charge is 0.228 e. The van der Waals surface area contributed by atoms with Crippen LogP contribution >= 0.6 is 11.8 Å². The zero-order valence-electron chi connectivity index (χ0n) is 13.9. The van der Waals surface area contributed by atoms with Crippen molar-refractivity contribution in [1.82, 2.24) is 19.9 Å². The molecule has 0 N–H and O–H groups in total. The molecule has 132 valence electrons. The van der Waals surface area contributed by atoms with Gasteiger partial charge in [0.15, 0.2) is 5.16 Å². The molecule has 8 nitrogen and oxygen atoms in total. The SMILES string of the molecule is Cc1cc(CSc2nnc(N3CCOCC3)n2Cc2ccco2)on1. The second-order valence-electron chi connectivity index (χ2n) is 5.77. The lowest BCUT2D eigenvalue weighted by Crippen LogP contribution is -2.38. The molecule has 9 heteroatoms. The molecule has 1 aliphatic heterocycles. The van der Waals surface area contributed by atoms with E-state index in [1.165, 1.54) is 0 Å². The molecule has 0 saturated carbocycles. The van der Waals surface area contributed by atoms with Crippen LogP contribution in [0.1, 0.15) is 17.2 Å². The lowest BCUT2D eigenvalue weighted by atomic mass is 10.4. The zero-order chi connectivity index (χ0) is 17.1. The number of rotatable bonds is 6. The Morgan fingerprint density at radius 2 is 2.08 bits per heavy atom. The molecule has 0 spiro atoms. The number of hydrogen-bond acceptors (Lipinski definition) is 8. The number of thioether (sulfide) groups is 1. The van der Waals surface area contributed by atoms with Crippen molar-refractivity contribution in [1.29, 1.82) is 0 Å². The van der Waals surface area contributed by atoms with Crippen LogP contribution in [0.4, 0.5) is 5.95 Å². The van der Waals surface area contributed by atoms with Crippen molar-refractivity contribution in [2.24, 2.45) is 0 Å². The number of aryl methyl sites for hydroxylation is 1. The van der Waals surface area contributed by atoms with Crippen LogP contribution in [0.15, 0.2) is 38.6 Å². The average molecular weight is 361 g/mol. The number of furan rings is 1. The van der Waals surface area contributed by atoms with Gasteiger partial charge in [0.05, 0.1) is 37.5 Å². The summed E-state index contributed by atoms with van der Waals surface area (Å²) in [6.45, 7) is 5.52. The van der Waals surface area contributed by atoms with E-state index in [2.05, 4.69) is 24.8 Å². The maximum absolute atomic E-state index is 5.51. The van der Waals surface area contributed by atoms with Gasteiger partial charge in [-0.1, -0.05) is 16.9 Å². The van der Waals surface area contributed by atoms with Gasteiger partial charge >= 0.3 is 0 Å². The predicted octanol–water partition coefficient (Wildman–Crippen LogP) is 2.34. The van der Waals surface area contributed by atoms with E-state index in [1.54, 1.807) is 18.0 Å². The van der Waals surface area contributed by atoms with Gasteiger partial charge in [0.1, 0.15) is 11.5 Å². The molecule has 1 fully saturated rings. The van der Waals surface area contributed by atoms with E-state index in [4.69, 9.17) is 13.7 Å². The minimum Gasteiger partial charge on any atom is -0.467 e. The van der Waals surface area contributed by atoms with E-state index in [1.807, 2.05) is 25.1 Å². The molecule has 0 radical (unpaired) electrons. The van der Waals surface area contributed by atoms with Gasteiger partial charge in [-0.3, -0.25) is 4.57 Å². The summed E-state index contributed by atoms with van der Waals surface area (Å²) in [6, 6.07) is 5.78. The zero-order valence-corrected chi connectivity index (χ0v) is 14.7. The molecule has 0 bridgehead atoms. The largest absolute Gasteiger partial charge is 0.467 e. The van der Waals surface area contributed by atoms with Crippen molar-refractivity contribution in [2.75, 3.05) is 31.2 Å². The first-order valence-corrected chi connectivity index (χ1v) is 9.11. The van der Waals surface area contributed by atoms with E-state index in [0.717, 1.165) is 41.4 Å². The standard InChI is InChI=1S/C16H19N5O3S/c1-12-9-14(24-19-12)11-25-16-18-17-15(20-4-7-22-8-5-20)21(16)10-13-3-2-6-23-13/h2-3,6,9H,4-5,7-8,10-11H2,1H3. The summed E-state index contributed by atoms with van der Waals surface area (Å²) in [4.78, 5) is 2.20. The Labute approximate surface area is 149 Å². The third-order valence-electron chi connectivity index (χ3n) is 3.91. The topological polar surface area (TPSA) is 82.4 Å². The Hall–Kier alpha value is -2.26. The van der Waals surface area contributed by atoms with Crippen LogP contribution in [0.2, 0.25) is 0 Å². The predicted molar refractivity (Wildman–Crippen MR) is 91.7 cm³/mol. The number of nitrogens with zero attached hydrogens (tertiary/aromatic N) is 5. The van der Waals surface area contributed by atoms with Crippen LogP contribution in [-0.4, -0.2) is 46.2 Å². The van der Waals surface area contributed by atoms with E-state index < -0.39 is 0 Å². The molecule has 0 unspecified atom stereocenters. The monoisotopic (exact) mass is 361 g/mol. The van der Waals surface area contributed by atoms with Crippen molar-refractivity contribution in [3.05, 3.63) is 41.7 Å². The second kappa shape index (κ2) is 7.32. The minimum absolute atomic E-state index is 0.588. The van der Waals surface area contributed by atoms with Crippen molar-refractivity contribution in [3.8, 4) is 0 Å². The van der Waals surface area contributed by atoms with Gasteiger partial charge in [-0.25, -0.2) is 0 Å². The molecule has 3 aromatic heterocycles. The van der Waals surface area contributed by atoms with E-state index in [9.17, 15) is 0 Å². The molecule has 4 heterocycles. The molecule has 4 rings (SSSR count). The second-order valence-corrected chi connectivity index (χ2v) is 6.71. The van der Waals surface area contributed by atoms with E-state index >= 15 is 0 Å². The number of aromatic nitrogens is 4. The fraction of sp³-hybridized carbons (Fsp3) is 0.438. The Balaban J connectivity index is 1.57. The summed E-state index contributed by atoms with van der Waals surface area (Å²) in [5.41, 5.74) is 0.877. The van der Waals surface area contributed by atoms with Gasteiger partial charge in [0.25, 0.3) is 0 Å². The van der Waals surface area contributed by atoms with E-state index in [0.29, 0.717) is 25.5 Å². The summed E-state index contributed by atoms with van der Waals surface area (Å²) in [7, 11) is 0. The number of anilines is 1. The van der Waals surface area contributed by atoms with Crippen LogP contribution < -0.4 is 4.90 Å². The molecule has 3 aromatic rings. The summed E-state index contributed by atoms with van der Waals surface area (Å²) < 4.78 is 18.3. The Kier molecular flexibility index (Phi) is 4.75. The minimum atomic E-state index is 0.588. The van der Waals surface area contributed by atoms with Crippen LogP contribution in [0.3, 0.4) is 0 Å². The van der Waals surface area contributed by atoms with Gasteiger partial charge in [0, 0.05) is 19.2 Å². The van der Waals surface area contributed by atoms with Gasteiger partial charge in [-0.15, -0.1) is 10.2 Å². The molecule has 1 aliphatic rings. The third-order valence-corrected chi connectivity index (χ3v) is 4.89. The molecule has 0 amide bonds. The first-order valence-electron chi connectivity index (χ1n) is 8.13. The first-order chi connectivity index (χ1) is 12.3. The van der Waals surface area contributed by atoms with Gasteiger partial charge < -0.3 is 18.6 Å². The Bertz CT molecular complexity index is 808. The van der Waals surface area contributed by atoms with E-state index in [-0.39, 0.29) is 0 Å². The normalized spacial score (nSPS) is 15.0.